The minimum Gasteiger partial charge on any atom is -0.350 e. The van der Waals surface area contributed by atoms with Gasteiger partial charge < -0.3 is 15.2 Å². The van der Waals surface area contributed by atoms with E-state index in [1.807, 2.05) is 36.7 Å². The van der Waals surface area contributed by atoms with E-state index in [2.05, 4.69) is 71.1 Å². The molecule has 6 nitrogen and oxygen atoms in total. The number of hydrogen-bond donors (Lipinski definition) is 2. The molecule has 3 rings (SSSR count). The minimum absolute atomic E-state index is 0. The van der Waals surface area contributed by atoms with Crippen molar-refractivity contribution in [3.8, 4) is 0 Å². The molecule has 3 aromatic rings. The Morgan fingerprint density at radius 3 is 2.48 bits per heavy atom. The lowest BCUT2D eigenvalue weighted by atomic mass is 10.1. The molecule has 0 aliphatic heterocycles. The summed E-state index contributed by atoms with van der Waals surface area (Å²) in [5, 5.41) is 15.2. The van der Waals surface area contributed by atoms with Crippen LogP contribution in [0.25, 0.3) is 0 Å². The third-order valence-electron chi connectivity index (χ3n) is 4.75. The Morgan fingerprint density at radius 2 is 1.83 bits per heavy atom. The van der Waals surface area contributed by atoms with Gasteiger partial charge in [-0.15, -0.1) is 34.2 Å². The summed E-state index contributed by atoms with van der Waals surface area (Å²) in [5.41, 5.74) is 3.63. The number of nitrogens with one attached hydrogen (secondary N) is 2. The van der Waals surface area contributed by atoms with E-state index in [1.165, 1.54) is 16.7 Å². The van der Waals surface area contributed by atoms with E-state index >= 15 is 0 Å². The molecule has 0 spiro atoms. The summed E-state index contributed by atoms with van der Waals surface area (Å²) >= 11 is 0. The van der Waals surface area contributed by atoms with Crippen molar-refractivity contribution in [1.82, 2.24) is 25.4 Å². The highest BCUT2D eigenvalue weighted by atomic mass is 127. The molecule has 2 aromatic carbocycles. The van der Waals surface area contributed by atoms with Crippen LogP contribution < -0.4 is 10.6 Å². The SMILES string of the molecule is Cc1cccc(CN=C(NCc2nnc(C)n2C)NC(C)c2ccccc2)c1.I. The molecule has 0 saturated carbocycles. The maximum Gasteiger partial charge on any atom is 0.192 e. The lowest BCUT2D eigenvalue weighted by molar-refractivity contribution is 0.664. The second-order valence-electron chi connectivity index (χ2n) is 7.01. The van der Waals surface area contributed by atoms with Crippen molar-refractivity contribution in [3.05, 3.63) is 82.9 Å². The van der Waals surface area contributed by atoms with E-state index in [0.717, 1.165) is 17.6 Å². The van der Waals surface area contributed by atoms with Gasteiger partial charge in [-0.25, -0.2) is 4.99 Å². The van der Waals surface area contributed by atoms with Crippen LogP contribution in [-0.4, -0.2) is 20.7 Å². The number of aliphatic imine (C=N–C) groups is 1. The zero-order valence-corrected chi connectivity index (χ0v) is 19.7. The lowest BCUT2D eigenvalue weighted by Gasteiger charge is -2.18. The second-order valence-corrected chi connectivity index (χ2v) is 7.01. The van der Waals surface area contributed by atoms with Gasteiger partial charge in [0.2, 0.25) is 0 Å². The number of aryl methyl sites for hydroxylation is 2. The van der Waals surface area contributed by atoms with E-state index in [4.69, 9.17) is 4.99 Å². The fraction of sp³-hybridized carbons (Fsp3) is 0.318. The average molecular weight is 504 g/mol. The van der Waals surface area contributed by atoms with Crippen LogP contribution in [0.1, 0.15) is 41.3 Å². The van der Waals surface area contributed by atoms with Gasteiger partial charge in [0.25, 0.3) is 0 Å². The third-order valence-corrected chi connectivity index (χ3v) is 4.75. The van der Waals surface area contributed by atoms with Gasteiger partial charge in [0.05, 0.1) is 19.1 Å². The number of benzene rings is 2. The van der Waals surface area contributed by atoms with Crippen LogP contribution in [0.3, 0.4) is 0 Å². The molecule has 1 unspecified atom stereocenters. The van der Waals surface area contributed by atoms with Crippen LogP contribution in [0, 0.1) is 13.8 Å². The Hall–Kier alpha value is -2.42. The van der Waals surface area contributed by atoms with Crippen LogP contribution in [0.5, 0.6) is 0 Å². The lowest BCUT2D eigenvalue weighted by Crippen LogP contribution is -2.39. The van der Waals surface area contributed by atoms with Gasteiger partial charge in [-0.05, 0) is 31.9 Å². The normalized spacial score (nSPS) is 12.2. The van der Waals surface area contributed by atoms with E-state index in [0.29, 0.717) is 13.1 Å². The monoisotopic (exact) mass is 504 g/mol. The zero-order chi connectivity index (χ0) is 19.9. The molecule has 0 amide bonds. The summed E-state index contributed by atoms with van der Waals surface area (Å²) in [7, 11) is 1.97. The van der Waals surface area contributed by atoms with Crippen molar-refractivity contribution >= 4 is 29.9 Å². The summed E-state index contributed by atoms with van der Waals surface area (Å²) < 4.78 is 1.98. The highest BCUT2D eigenvalue weighted by Crippen LogP contribution is 2.11. The Bertz CT molecular complexity index is 935. The number of hydrogen-bond acceptors (Lipinski definition) is 3. The van der Waals surface area contributed by atoms with E-state index < -0.39 is 0 Å². The quantitative estimate of drug-likeness (QED) is 0.302. The Labute approximate surface area is 189 Å². The summed E-state index contributed by atoms with van der Waals surface area (Å²) in [6.07, 6.45) is 0. The molecular formula is C22H29IN6. The fourth-order valence-corrected chi connectivity index (χ4v) is 2.93. The van der Waals surface area contributed by atoms with Crippen molar-refractivity contribution in [2.75, 3.05) is 0 Å². The third kappa shape index (κ3) is 6.56. The van der Waals surface area contributed by atoms with E-state index in [9.17, 15) is 0 Å². The molecular weight excluding hydrogens is 475 g/mol. The number of aromatic nitrogens is 3. The molecule has 0 radical (unpaired) electrons. The molecule has 1 aromatic heterocycles. The molecule has 0 fully saturated rings. The Kier molecular flexibility index (Phi) is 8.63. The predicted octanol–water partition coefficient (Wildman–Crippen LogP) is 4.05. The molecule has 0 aliphatic rings. The highest BCUT2D eigenvalue weighted by molar-refractivity contribution is 14.0. The van der Waals surface area contributed by atoms with Gasteiger partial charge >= 0.3 is 0 Å². The van der Waals surface area contributed by atoms with Gasteiger partial charge in [0, 0.05) is 7.05 Å². The minimum atomic E-state index is 0. The average Bonchev–Trinajstić information content (AvgIpc) is 3.02. The van der Waals surface area contributed by atoms with Gasteiger partial charge in [-0.2, -0.15) is 0 Å². The first kappa shape index (κ1) is 22.9. The van der Waals surface area contributed by atoms with Crippen molar-refractivity contribution < 1.29 is 0 Å². The smallest absolute Gasteiger partial charge is 0.192 e. The molecule has 0 bridgehead atoms. The first-order chi connectivity index (χ1) is 13.5. The predicted molar refractivity (Wildman–Crippen MR) is 128 cm³/mol. The molecule has 7 heteroatoms. The van der Waals surface area contributed by atoms with Crippen LogP contribution in [0.2, 0.25) is 0 Å². The molecule has 0 saturated heterocycles. The van der Waals surface area contributed by atoms with Crippen molar-refractivity contribution in [3.63, 3.8) is 0 Å². The maximum absolute atomic E-state index is 4.79. The van der Waals surface area contributed by atoms with Gasteiger partial charge in [-0.1, -0.05) is 60.2 Å². The van der Waals surface area contributed by atoms with Crippen molar-refractivity contribution in [2.24, 2.45) is 12.0 Å². The highest BCUT2D eigenvalue weighted by Gasteiger charge is 2.10. The number of nitrogens with zero attached hydrogens (tertiary/aromatic N) is 4. The number of rotatable bonds is 6. The van der Waals surface area contributed by atoms with Gasteiger partial charge in [0.15, 0.2) is 11.8 Å². The second kappa shape index (κ2) is 10.9. The topological polar surface area (TPSA) is 67.1 Å². The molecule has 1 atom stereocenters. The first-order valence-corrected chi connectivity index (χ1v) is 9.53. The van der Waals surface area contributed by atoms with Crippen LogP contribution >= 0.6 is 24.0 Å². The van der Waals surface area contributed by atoms with Crippen molar-refractivity contribution in [1.29, 1.82) is 0 Å². The summed E-state index contributed by atoms with van der Waals surface area (Å²) in [6.45, 7) is 7.33. The first-order valence-electron chi connectivity index (χ1n) is 9.53. The maximum atomic E-state index is 4.79. The van der Waals surface area contributed by atoms with Crippen molar-refractivity contribution in [2.45, 2.75) is 39.9 Å². The number of guanidine groups is 1. The fourth-order valence-electron chi connectivity index (χ4n) is 2.93. The van der Waals surface area contributed by atoms with Gasteiger partial charge in [-0.3, -0.25) is 0 Å². The Morgan fingerprint density at radius 1 is 1.07 bits per heavy atom. The molecule has 0 aliphatic carbocycles. The molecule has 29 heavy (non-hydrogen) atoms. The standard InChI is InChI=1S/C22H28N6.HI/c1-16-9-8-10-19(13-16)14-23-22(24-15-21-27-26-18(3)28(21)4)25-17(2)20-11-6-5-7-12-20;/h5-13,17H,14-15H2,1-4H3,(H2,23,24,25);1H. The summed E-state index contributed by atoms with van der Waals surface area (Å²) in [5.74, 6) is 2.51. The van der Waals surface area contributed by atoms with E-state index in [-0.39, 0.29) is 30.0 Å². The molecule has 154 valence electrons. The Balaban J connectivity index is 0.00000300. The summed E-state index contributed by atoms with van der Waals surface area (Å²) in [6, 6.07) is 18.9. The number of halogens is 1. The van der Waals surface area contributed by atoms with Crippen LogP contribution in [0.4, 0.5) is 0 Å². The largest absolute Gasteiger partial charge is 0.350 e. The zero-order valence-electron chi connectivity index (χ0n) is 17.4. The van der Waals surface area contributed by atoms with Crippen LogP contribution in [0.15, 0.2) is 59.6 Å². The van der Waals surface area contributed by atoms with Gasteiger partial charge in [0.1, 0.15) is 5.82 Å². The molecule has 1 heterocycles. The van der Waals surface area contributed by atoms with Crippen LogP contribution in [-0.2, 0) is 20.1 Å². The van der Waals surface area contributed by atoms with E-state index in [1.54, 1.807) is 0 Å². The molecule has 2 N–H and O–H groups in total. The summed E-state index contributed by atoms with van der Waals surface area (Å²) in [4.78, 5) is 4.79.